The Kier molecular flexibility index (Phi) is 12.1. The van der Waals surface area contributed by atoms with Gasteiger partial charge in [-0.1, -0.05) is 88.9 Å². The topological polar surface area (TPSA) is 96.0 Å². The minimum atomic E-state index is -4.37. The molecule has 0 spiro atoms. The third-order valence-electron chi connectivity index (χ3n) is 7.42. The summed E-state index contributed by atoms with van der Waals surface area (Å²) in [5.74, 6) is -0.900. The van der Waals surface area contributed by atoms with Crippen molar-refractivity contribution >= 4 is 62.3 Å². The molecule has 8 nitrogen and oxygen atoms in total. The lowest BCUT2D eigenvalue weighted by molar-refractivity contribution is -0.140. The molecule has 0 radical (unpaired) electrons. The number of amides is 2. The van der Waals surface area contributed by atoms with Crippen molar-refractivity contribution in [2.75, 3.05) is 18.0 Å². The average molecular weight is 731 g/mol. The molecule has 0 aliphatic heterocycles. The van der Waals surface area contributed by atoms with Gasteiger partial charge in [0.1, 0.15) is 18.3 Å². The number of sulfonamides is 1. The quantitative estimate of drug-likeness (QED) is 0.161. The van der Waals surface area contributed by atoms with E-state index in [4.69, 9.17) is 39.5 Å². The van der Waals surface area contributed by atoms with Crippen LogP contribution in [0.1, 0.15) is 37.5 Å². The molecular formula is C36H38Cl3N3O5S. The summed E-state index contributed by atoms with van der Waals surface area (Å²) in [6.07, 6.45) is 0.144. The highest BCUT2D eigenvalue weighted by Gasteiger charge is 2.36. The second-order valence-electron chi connectivity index (χ2n) is 12.3. The Balaban J connectivity index is 1.89. The van der Waals surface area contributed by atoms with E-state index in [-0.39, 0.29) is 39.3 Å². The van der Waals surface area contributed by atoms with Crippen LogP contribution in [0, 0.1) is 6.92 Å². The zero-order valence-electron chi connectivity index (χ0n) is 27.3. The lowest BCUT2D eigenvalue weighted by atomic mass is 10.0. The van der Waals surface area contributed by atoms with Crippen molar-refractivity contribution < 1.29 is 22.7 Å². The van der Waals surface area contributed by atoms with Crippen molar-refractivity contribution in [1.29, 1.82) is 0 Å². The van der Waals surface area contributed by atoms with Crippen molar-refractivity contribution in [3.63, 3.8) is 0 Å². The van der Waals surface area contributed by atoms with Crippen LogP contribution in [0.5, 0.6) is 5.75 Å². The Morgan fingerprint density at radius 3 is 2.10 bits per heavy atom. The van der Waals surface area contributed by atoms with Gasteiger partial charge in [-0.2, -0.15) is 0 Å². The van der Waals surface area contributed by atoms with Crippen molar-refractivity contribution in [1.82, 2.24) is 10.2 Å². The lowest BCUT2D eigenvalue weighted by Gasteiger charge is -2.35. The predicted octanol–water partition coefficient (Wildman–Crippen LogP) is 7.71. The van der Waals surface area contributed by atoms with Crippen LogP contribution in [0.4, 0.5) is 5.69 Å². The largest absolute Gasteiger partial charge is 0.495 e. The Hall–Kier alpha value is -3.76. The molecule has 48 heavy (non-hydrogen) atoms. The van der Waals surface area contributed by atoms with Gasteiger partial charge in [-0.15, -0.1) is 0 Å². The van der Waals surface area contributed by atoms with Gasteiger partial charge in [0, 0.05) is 33.6 Å². The average Bonchev–Trinajstić information content (AvgIpc) is 3.02. The lowest BCUT2D eigenvalue weighted by Crippen LogP contribution is -2.56. The minimum absolute atomic E-state index is 0.0402. The Morgan fingerprint density at radius 2 is 1.50 bits per heavy atom. The Morgan fingerprint density at radius 1 is 0.875 bits per heavy atom. The van der Waals surface area contributed by atoms with Gasteiger partial charge in [0.2, 0.25) is 11.8 Å². The van der Waals surface area contributed by atoms with E-state index in [1.165, 1.54) is 36.3 Å². The molecule has 0 bridgehead atoms. The highest BCUT2D eigenvalue weighted by Crippen LogP contribution is 2.35. The second kappa shape index (κ2) is 15.6. The van der Waals surface area contributed by atoms with Gasteiger partial charge >= 0.3 is 0 Å². The van der Waals surface area contributed by atoms with E-state index in [0.717, 1.165) is 15.4 Å². The van der Waals surface area contributed by atoms with E-state index in [1.807, 2.05) is 58.0 Å². The number of anilines is 1. The first kappa shape index (κ1) is 37.1. The maximum absolute atomic E-state index is 14.7. The number of carbonyl (C=O) groups is 2. The highest BCUT2D eigenvalue weighted by molar-refractivity contribution is 7.92. The molecule has 0 saturated carbocycles. The molecule has 1 unspecified atom stereocenters. The SMILES string of the molecule is COc1ccc(Cl)cc1N(CC(=O)N(Cc1ccc(Cl)cc1Cl)C(Cc1ccccc1)C(=O)NC(C)(C)C)S(=O)(=O)c1ccc(C)cc1. The first-order valence-corrected chi connectivity index (χ1v) is 17.7. The van der Waals surface area contributed by atoms with E-state index < -0.39 is 40.0 Å². The van der Waals surface area contributed by atoms with Gasteiger partial charge in [-0.3, -0.25) is 13.9 Å². The Labute approximate surface area is 297 Å². The van der Waals surface area contributed by atoms with Crippen LogP contribution in [0.15, 0.2) is 95.9 Å². The van der Waals surface area contributed by atoms with Crippen molar-refractivity contribution in [2.24, 2.45) is 0 Å². The molecule has 4 aromatic carbocycles. The van der Waals surface area contributed by atoms with Crippen LogP contribution >= 0.6 is 34.8 Å². The normalized spacial score (nSPS) is 12.2. The minimum Gasteiger partial charge on any atom is -0.495 e. The fraction of sp³-hybridized carbons (Fsp3) is 0.278. The van der Waals surface area contributed by atoms with Gasteiger partial charge in [-0.05, 0) is 81.3 Å². The number of nitrogens with zero attached hydrogens (tertiary/aromatic N) is 2. The van der Waals surface area contributed by atoms with Gasteiger partial charge in [0.25, 0.3) is 10.0 Å². The van der Waals surface area contributed by atoms with E-state index in [9.17, 15) is 18.0 Å². The summed E-state index contributed by atoms with van der Waals surface area (Å²) < 4.78 is 35.2. The molecule has 0 heterocycles. The number of benzene rings is 4. The number of nitrogens with one attached hydrogen (secondary N) is 1. The van der Waals surface area contributed by atoms with Crippen LogP contribution in [-0.4, -0.2) is 50.4 Å². The zero-order valence-corrected chi connectivity index (χ0v) is 30.4. The van der Waals surface area contributed by atoms with E-state index >= 15 is 0 Å². The molecule has 0 aliphatic rings. The van der Waals surface area contributed by atoms with Crippen LogP contribution in [0.2, 0.25) is 15.1 Å². The Bertz CT molecular complexity index is 1860. The van der Waals surface area contributed by atoms with Crippen LogP contribution in [0.3, 0.4) is 0 Å². The van der Waals surface area contributed by atoms with Gasteiger partial charge in [0.15, 0.2) is 0 Å². The standard InChI is InChI=1S/C36H38Cl3N3O5S/c1-24-11-16-29(17-12-24)48(45,46)42(31-21-28(38)15-18-33(31)47-5)23-34(43)41(22-26-13-14-27(37)20-30(26)39)32(35(44)40-36(2,3)4)19-25-9-7-6-8-10-25/h6-18,20-21,32H,19,22-23H2,1-5H3,(H,40,44). The number of halogens is 3. The van der Waals surface area contributed by atoms with Crippen molar-refractivity contribution in [3.05, 3.63) is 123 Å². The monoisotopic (exact) mass is 729 g/mol. The van der Waals surface area contributed by atoms with E-state index in [0.29, 0.717) is 10.6 Å². The molecule has 2 amide bonds. The fourth-order valence-corrected chi connectivity index (χ4v) is 7.10. The third kappa shape index (κ3) is 9.44. The summed E-state index contributed by atoms with van der Waals surface area (Å²) in [6.45, 7) is 6.56. The molecule has 0 aliphatic carbocycles. The number of methoxy groups -OCH3 is 1. The van der Waals surface area contributed by atoms with Crippen molar-refractivity contribution in [3.8, 4) is 5.75 Å². The number of carbonyl (C=O) groups excluding carboxylic acids is 2. The highest BCUT2D eigenvalue weighted by atomic mass is 35.5. The maximum atomic E-state index is 14.7. The maximum Gasteiger partial charge on any atom is 0.264 e. The first-order valence-electron chi connectivity index (χ1n) is 15.1. The molecule has 0 saturated heterocycles. The molecule has 1 N–H and O–H groups in total. The van der Waals surface area contributed by atoms with Crippen LogP contribution < -0.4 is 14.4 Å². The summed E-state index contributed by atoms with van der Waals surface area (Å²) in [5.41, 5.74) is 1.60. The fourth-order valence-electron chi connectivity index (χ4n) is 5.05. The number of hydrogen-bond donors (Lipinski definition) is 1. The molecule has 254 valence electrons. The van der Waals surface area contributed by atoms with E-state index in [2.05, 4.69) is 5.32 Å². The molecular weight excluding hydrogens is 693 g/mol. The number of ether oxygens (including phenoxy) is 1. The molecule has 1 atom stereocenters. The van der Waals surface area contributed by atoms with Crippen LogP contribution in [-0.2, 0) is 32.6 Å². The molecule has 4 aromatic rings. The summed E-state index contributed by atoms with van der Waals surface area (Å²) in [7, 11) is -2.97. The first-order chi connectivity index (χ1) is 22.6. The summed E-state index contributed by atoms with van der Waals surface area (Å²) in [4.78, 5) is 30.1. The zero-order chi connectivity index (χ0) is 35.2. The predicted molar refractivity (Wildman–Crippen MR) is 193 cm³/mol. The van der Waals surface area contributed by atoms with E-state index in [1.54, 1.807) is 36.4 Å². The van der Waals surface area contributed by atoms with Crippen LogP contribution in [0.25, 0.3) is 0 Å². The van der Waals surface area contributed by atoms with Gasteiger partial charge < -0.3 is 15.0 Å². The van der Waals surface area contributed by atoms with Crippen molar-refractivity contribution in [2.45, 2.75) is 57.1 Å². The number of rotatable bonds is 12. The summed E-state index contributed by atoms with van der Waals surface area (Å²) in [6, 6.07) is 23.9. The number of aryl methyl sites for hydroxylation is 1. The molecule has 0 fully saturated rings. The molecule has 4 rings (SSSR count). The molecule has 12 heteroatoms. The smallest absolute Gasteiger partial charge is 0.264 e. The van der Waals surface area contributed by atoms with Gasteiger partial charge in [-0.25, -0.2) is 8.42 Å². The number of hydrogen-bond acceptors (Lipinski definition) is 5. The summed E-state index contributed by atoms with van der Waals surface area (Å²) >= 11 is 19.1. The summed E-state index contributed by atoms with van der Waals surface area (Å²) in [5, 5.41) is 3.92. The second-order valence-corrected chi connectivity index (χ2v) is 15.5. The third-order valence-corrected chi connectivity index (χ3v) is 10.0. The molecule has 0 aromatic heterocycles. The van der Waals surface area contributed by atoms with Gasteiger partial charge in [0.05, 0.1) is 17.7 Å².